The molecule has 0 saturated carbocycles. The number of carbonyl (C=O) groups excluding carboxylic acids is 1. The Morgan fingerprint density at radius 3 is 2.73 bits per heavy atom. The molecule has 0 atom stereocenters. The van der Waals surface area contributed by atoms with Gasteiger partial charge in [-0.15, -0.1) is 0 Å². The van der Waals surface area contributed by atoms with E-state index in [2.05, 4.69) is 10.3 Å². The van der Waals surface area contributed by atoms with Crippen LogP contribution in [0.25, 0.3) is 0 Å². The van der Waals surface area contributed by atoms with Gasteiger partial charge in [0.1, 0.15) is 0 Å². The van der Waals surface area contributed by atoms with Crippen molar-refractivity contribution in [2.24, 2.45) is 0 Å². The van der Waals surface area contributed by atoms with Crippen LogP contribution >= 0.6 is 0 Å². The van der Waals surface area contributed by atoms with Gasteiger partial charge in [0.2, 0.25) is 5.91 Å². The number of aromatic nitrogens is 2. The summed E-state index contributed by atoms with van der Waals surface area (Å²) < 4.78 is 1.51. The van der Waals surface area contributed by atoms with E-state index < -0.39 is 0 Å². The summed E-state index contributed by atoms with van der Waals surface area (Å²) in [6.45, 7) is 2.83. The average molecular weight is 299 g/mol. The molecule has 5 heteroatoms. The van der Waals surface area contributed by atoms with E-state index in [1.54, 1.807) is 0 Å². The third-order valence-electron chi connectivity index (χ3n) is 3.46. The van der Waals surface area contributed by atoms with Crippen molar-refractivity contribution >= 4 is 5.91 Å². The van der Waals surface area contributed by atoms with Gasteiger partial charge < -0.3 is 5.32 Å². The van der Waals surface area contributed by atoms with Gasteiger partial charge in [-0.1, -0.05) is 37.3 Å². The monoisotopic (exact) mass is 299 g/mol. The number of benzene rings is 1. The summed E-state index contributed by atoms with van der Waals surface area (Å²) in [7, 11) is 0. The summed E-state index contributed by atoms with van der Waals surface area (Å²) in [6.07, 6.45) is 3.45. The van der Waals surface area contributed by atoms with Crippen molar-refractivity contribution in [3.8, 4) is 0 Å². The first-order valence-corrected chi connectivity index (χ1v) is 7.55. The molecule has 0 radical (unpaired) electrons. The maximum absolute atomic E-state index is 11.8. The van der Waals surface area contributed by atoms with Gasteiger partial charge in [0.05, 0.1) is 6.33 Å². The van der Waals surface area contributed by atoms with Crippen LogP contribution in [0.1, 0.15) is 24.6 Å². The van der Waals surface area contributed by atoms with Crippen LogP contribution in [0.4, 0.5) is 0 Å². The summed E-state index contributed by atoms with van der Waals surface area (Å²) in [4.78, 5) is 27.8. The van der Waals surface area contributed by atoms with Crippen molar-refractivity contribution in [3.05, 3.63) is 64.3 Å². The molecule has 0 spiro atoms. The van der Waals surface area contributed by atoms with E-state index in [9.17, 15) is 9.59 Å². The van der Waals surface area contributed by atoms with Crippen LogP contribution in [-0.2, 0) is 24.2 Å². The van der Waals surface area contributed by atoms with Crippen molar-refractivity contribution in [1.82, 2.24) is 14.9 Å². The van der Waals surface area contributed by atoms with Crippen LogP contribution in [-0.4, -0.2) is 22.0 Å². The molecule has 22 heavy (non-hydrogen) atoms. The maximum Gasteiger partial charge on any atom is 0.253 e. The summed E-state index contributed by atoms with van der Waals surface area (Å²) >= 11 is 0. The van der Waals surface area contributed by atoms with Gasteiger partial charge in [0, 0.05) is 31.3 Å². The molecule has 1 N–H and O–H groups in total. The normalized spacial score (nSPS) is 10.4. The van der Waals surface area contributed by atoms with Crippen molar-refractivity contribution < 1.29 is 4.79 Å². The lowest BCUT2D eigenvalue weighted by Crippen LogP contribution is -2.31. The standard InChI is InChI=1S/C17H21N3O2/c1-2-15-12-17(22)20(13-19-15)11-10-18-16(21)9-8-14-6-4-3-5-7-14/h3-7,12-13H,2,8-11H2,1H3,(H,18,21). The van der Waals surface area contributed by atoms with Crippen molar-refractivity contribution in [1.29, 1.82) is 0 Å². The Labute approximate surface area is 130 Å². The molecule has 1 heterocycles. The highest BCUT2D eigenvalue weighted by atomic mass is 16.1. The minimum Gasteiger partial charge on any atom is -0.354 e. The minimum absolute atomic E-state index is 0.00459. The lowest BCUT2D eigenvalue weighted by atomic mass is 10.1. The van der Waals surface area contributed by atoms with E-state index >= 15 is 0 Å². The molecular formula is C17H21N3O2. The Bertz CT molecular complexity index is 665. The van der Waals surface area contributed by atoms with Gasteiger partial charge in [-0.3, -0.25) is 14.2 Å². The van der Waals surface area contributed by atoms with Crippen molar-refractivity contribution in [3.63, 3.8) is 0 Å². The first kappa shape index (κ1) is 15.9. The second-order valence-corrected chi connectivity index (χ2v) is 5.10. The summed E-state index contributed by atoms with van der Waals surface area (Å²) in [5, 5.41) is 2.83. The van der Waals surface area contributed by atoms with Crippen LogP contribution in [0.3, 0.4) is 0 Å². The minimum atomic E-state index is -0.0783. The maximum atomic E-state index is 11.8. The van der Waals surface area contributed by atoms with E-state index in [1.807, 2.05) is 37.3 Å². The van der Waals surface area contributed by atoms with Crippen molar-refractivity contribution in [2.45, 2.75) is 32.7 Å². The van der Waals surface area contributed by atoms with Crippen LogP contribution < -0.4 is 10.9 Å². The zero-order chi connectivity index (χ0) is 15.8. The molecule has 0 fully saturated rings. The third kappa shape index (κ3) is 4.84. The Kier molecular flexibility index (Phi) is 5.89. The molecule has 5 nitrogen and oxygen atoms in total. The fraction of sp³-hybridized carbons (Fsp3) is 0.353. The van der Waals surface area contributed by atoms with Crippen LogP contribution in [0, 0.1) is 0 Å². The number of rotatable bonds is 7. The van der Waals surface area contributed by atoms with E-state index in [1.165, 1.54) is 17.0 Å². The second kappa shape index (κ2) is 8.12. The molecule has 2 aromatic rings. The summed E-state index contributed by atoms with van der Waals surface area (Å²) in [5.41, 5.74) is 1.85. The highest BCUT2D eigenvalue weighted by molar-refractivity contribution is 5.76. The Morgan fingerprint density at radius 1 is 1.27 bits per heavy atom. The number of hydrogen-bond donors (Lipinski definition) is 1. The zero-order valence-electron chi connectivity index (χ0n) is 12.8. The number of nitrogens with zero attached hydrogens (tertiary/aromatic N) is 2. The van der Waals surface area contributed by atoms with E-state index in [0.717, 1.165) is 24.1 Å². The van der Waals surface area contributed by atoms with Gasteiger partial charge in [-0.05, 0) is 18.4 Å². The largest absolute Gasteiger partial charge is 0.354 e. The molecule has 2 rings (SSSR count). The van der Waals surface area contributed by atoms with Gasteiger partial charge in [0.15, 0.2) is 0 Å². The lowest BCUT2D eigenvalue weighted by Gasteiger charge is -2.08. The van der Waals surface area contributed by atoms with Crippen LogP contribution in [0.2, 0.25) is 0 Å². The number of carbonyl (C=O) groups is 1. The lowest BCUT2D eigenvalue weighted by molar-refractivity contribution is -0.121. The molecule has 0 bridgehead atoms. The van der Waals surface area contributed by atoms with E-state index in [4.69, 9.17) is 0 Å². The molecule has 1 amide bonds. The highest BCUT2D eigenvalue weighted by Gasteiger charge is 2.03. The molecule has 0 aliphatic rings. The molecule has 1 aromatic carbocycles. The number of aryl methyl sites for hydroxylation is 2. The highest BCUT2D eigenvalue weighted by Crippen LogP contribution is 2.01. The van der Waals surface area contributed by atoms with Gasteiger partial charge in [0.25, 0.3) is 5.56 Å². The fourth-order valence-electron chi connectivity index (χ4n) is 2.13. The number of nitrogens with one attached hydrogen (secondary N) is 1. The molecule has 116 valence electrons. The predicted molar refractivity (Wildman–Crippen MR) is 85.6 cm³/mol. The van der Waals surface area contributed by atoms with Gasteiger partial charge >= 0.3 is 0 Å². The Morgan fingerprint density at radius 2 is 2.05 bits per heavy atom. The Balaban J connectivity index is 1.74. The average Bonchev–Trinajstić information content (AvgIpc) is 2.55. The summed E-state index contributed by atoms with van der Waals surface area (Å²) in [5.74, 6) is -0.00459. The van der Waals surface area contributed by atoms with Crippen LogP contribution in [0.15, 0.2) is 47.5 Å². The number of hydrogen-bond acceptors (Lipinski definition) is 3. The zero-order valence-corrected chi connectivity index (χ0v) is 12.8. The molecule has 0 aliphatic carbocycles. The van der Waals surface area contributed by atoms with E-state index in [-0.39, 0.29) is 11.5 Å². The van der Waals surface area contributed by atoms with Crippen LogP contribution in [0.5, 0.6) is 0 Å². The molecule has 0 unspecified atom stereocenters. The van der Waals surface area contributed by atoms with Gasteiger partial charge in [-0.25, -0.2) is 4.98 Å². The van der Waals surface area contributed by atoms with Gasteiger partial charge in [-0.2, -0.15) is 0 Å². The first-order valence-electron chi connectivity index (χ1n) is 7.55. The van der Waals surface area contributed by atoms with E-state index in [0.29, 0.717) is 19.5 Å². The third-order valence-corrected chi connectivity index (χ3v) is 3.46. The molecule has 0 saturated heterocycles. The first-order chi connectivity index (χ1) is 10.7. The SMILES string of the molecule is CCc1cc(=O)n(CCNC(=O)CCc2ccccc2)cn1. The Hall–Kier alpha value is -2.43. The quantitative estimate of drug-likeness (QED) is 0.844. The second-order valence-electron chi connectivity index (χ2n) is 5.10. The summed E-state index contributed by atoms with van der Waals surface area (Å²) in [6, 6.07) is 11.4. The predicted octanol–water partition coefficient (Wildman–Crippen LogP) is 1.55. The topological polar surface area (TPSA) is 64.0 Å². The number of amides is 1. The fourth-order valence-corrected chi connectivity index (χ4v) is 2.13. The molecular weight excluding hydrogens is 278 g/mol. The smallest absolute Gasteiger partial charge is 0.253 e. The molecule has 1 aromatic heterocycles. The molecule has 0 aliphatic heterocycles. The van der Waals surface area contributed by atoms with Crippen molar-refractivity contribution in [2.75, 3.05) is 6.54 Å².